The SMILES string of the molecule is CCc1ccc(NP(=O)(Oc2cccc(C)c2C)Oc2cccc(C)c2C)cc1. The summed E-state index contributed by atoms with van der Waals surface area (Å²) in [7, 11) is -3.75. The van der Waals surface area contributed by atoms with E-state index in [-0.39, 0.29) is 0 Å². The third-order valence-electron chi connectivity index (χ3n) is 5.18. The van der Waals surface area contributed by atoms with Gasteiger partial charge in [-0.1, -0.05) is 43.3 Å². The topological polar surface area (TPSA) is 47.6 Å². The van der Waals surface area contributed by atoms with Crippen molar-refractivity contribution in [2.24, 2.45) is 0 Å². The van der Waals surface area contributed by atoms with E-state index < -0.39 is 7.75 Å². The summed E-state index contributed by atoms with van der Waals surface area (Å²) in [6.45, 7) is 9.98. The summed E-state index contributed by atoms with van der Waals surface area (Å²) in [6, 6.07) is 19.2. The van der Waals surface area contributed by atoms with E-state index in [1.165, 1.54) is 5.56 Å². The third-order valence-corrected chi connectivity index (χ3v) is 6.58. The molecular weight excluding hydrogens is 381 g/mol. The van der Waals surface area contributed by atoms with Gasteiger partial charge in [0, 0.05) is 5.69 Å². The smallest absolute Gasteiger partial charge is 0.400 e. The van der Waals surface area contributed by atoms with Crippen LogP contribution < -0.4 is 14.1 Å². The normalized spacial score (nSPS) is 11.2. The molecule has 0 saturated heterocycles. The maximum atomic E-state index is 13.8. The van der Waals surface area contributed by atoms with Crippen LogP contribution in [0.4, 0.5) is 5.69 Å². The molecule has 0 amide bonds. The zero-order chi connectivity index (χ0) is 21.0. The van der Waals surface area contributed by atoms with Crippen LogP contribution in [0, 0.1) is 27.7 Å². The minimum Gasteiger partial charge on any atom is -0.400 e. The lowest BCUT2D eigenvalue weighted by Crippen LogP contribution is -2.11. The second-order valence-electron chi connectivity index (χ2n) is 7.24. The number of aryl methyl sites for hydroxylation is 3. The fourth-order valence-corrected chi connectivity index (χ4v) is 4.45. The van der Waals surface area contributed by atoms with Crippen molar-refractivity contribution in [3.8, 4) is 11.5 Å². The van der Waals surface area contributed by atoms with E-state index in [2.05, 4.69) is 12.0 Å². The van der Waals surface area contributed by atoms with Crippen LogP contribution >= 0.6 is 7.75 Å². The van der Waals surface area contributed by atoms with E-state index in [1.54, 1.807) is 0 Å². The molecule has 0 unspecified atom stereocenters. The van der Waals surface area contributed by atoms with Crippen molar-refractivity contribution in [2.45, 2.75) is 41.0 Å². The standard InChI is InChI=1S/C24H28NO3P/c1-6-21-13-15-22(16-14-21)25-29(26,27-23-11-7-9-17(2)19(23)4)28-24-12-8-10-18(3)20(24)5/h7-16H,6H2,1-5H3,(H,25,26). The maximum Gasteiger partial charge on any atom is 0.541 e. The molecule has 0 aliphatic carbocycles. The molecule has 0 fully saturated rings. The van der Waals surface area contributed by atoms with Crippen LogP contribution in [0.2, 0.25) is 0 Å². The van der Waals surface area contributed by atoms with E-state index >= 15 is 0 Å². The average Bonchev–Trinajstić information content (AvgIpc) is 2.70. The highest BCUT2D eigenvalue weighted by Gasteiger charge is 2.30. The monoisotopic (exact) mass is 409 g/mol. The van der Waals surface area contributed by atoms with Gasteiger partial charge in [0.25, 0.3) is 0 Å². The van der Waals surface area contributed by atoms with Gasteiger partial charge in [-0.3, -0.25) is 5.09 Å². The number of benzene rings is 3. The van der Waals surface area contributed by atoms with Gasteiger partial charge in [-0.25, -0.2) is 4.57 Å². The van der Waals surface area contributed by atoms with Crippen LogP contribution in [0.1, 0.15) is 34.7 Å². The van der Waals surface area contributed by atoms with Crippen molar-refractivity contribution in [1.29, 1.82) is 0 Å². The van der Waals surface area contributed by atoms with E-state index in [9.17, 15) is 4.57 Å². The van der Waals surface area contributed by atoms with E-state index in [1.807, 2.05) is 88.4 Å². The Hall–Kier alpha value is -2.71. The summed E-state index contributed by atoms with van der Waals surface area (Å²) in [5.74, 6) is 1.08. The minimum atomic E-state index is -3.75. The summed E-state index contributed by atoms with van der Waals surface area (Å²) >= 11 is 0. The first kappa shape index (κ1) is 21.0. The molecule has 152 valence electrons. The molecule has 0 spiro atoms. The van der Waals surface area contributed by atoms with Crippen molar-refractivity contribution < 1.29 is 13.6 Å². The summed E-state index contributed by atoms with van der Waals surface area (Å²) in [4.78, 5) is 0. The molecule has 0 aromatic heterocycles. The predicted molar refractivity (Wildman–Crippen MR) is 120 cm³/mol. The molecular formula is C24H28NO3P. The average molecular weight is 409 g/mol. The number of rotatable bonds is 7. The molecule has 3 rings (SSSR count). The molecule has 29 heavy (non-hydrogen) atoms. The van der Waals surface area contributed by atoms with Gasteiger partial charge in [-0.05, 0) is 86.2 Å². The molecule has 0 aliphatic heterocycles. The molecule has 4 nitrogen and oxygen atoms in total. The lowest BCUT2D eigenvalue weighted by Gasteiger charge is -2.23. The largest absolute Gasteiger partial charge is 0.541 e. The molecule has 3 aromatic rings. The number of nitrogens with one attached hydrogen (secondary N) is 1. The van der Waals surface area contributed by atoms with Crippen LogP contribution in [0.3, 0.4) is 0 Å². The highest BCUT2D eigenvalue weighted by Crippen LogP contribution is 2.50. The van der Waals surface area contributed by atoms with Crippen molar-refractivity contribution in [2.75, 3.05) is 5.09 Å². The zero-order valence-corrected chi connectivity index (χ0v) is 18.5. The third kappa shape index (κ3) is 5.02. The van der Waals surface area contributed by atoms with Crippen molar-refractivity contribution in [3.63, 3.8) is 0 Å². The first-order chi connectivity index (χ1) is 13.8. The van der Waals surface area contributed by atoms with Crippen LogP contribution in [0.25, 0.3) is 0 Å². The van der Waals surface area contributed by atoms with Gasteiger partial charge in [-0.2, -0.15) is 0 Å². The van der Waals surface area contributed by atoms with Gasteiger partial charge in [0.15, 0.2) is 0 Å². The van der Waals surface area contributed by atoms with Gasteiger partial charge >= 0.3 is 7.75 Å². The lowest BCUT2D eigenvalue weighted by atomic mass is 10.1. The Morgan fingerprint density at radius 2 is 1.24 bits per heavy atom. The first-order valence-corrected chi connectivity index (χ1v) is 11.3. The zero-order valence-electron chi connectivity index (χ0n) is 17.7. The Bertz CT molecular complexity index is 987. The summed E-state index contributed by atoms with van der Waals surface area (Å²) in [5, 5.41) is 3.01. The molecule has 0 aliphatic rings. The van der Waals surface area contributed by atoms with E-state index in [4.69, 9.17) is 9.05 Å². The number of hydrogen-bond donors (Lipinski definition) is 1. The quantitative estimate of drug-likeness (QED) is 0.421. The molecule has 0 heterocycles. The highest BCUT2D eigenvalue weighted by atomic mass is 31.2. The lowest BCUT2D eigenvalue weighted by molar-refractivity contribution is 0.390. The number of hydrogen-bond acceptors (Lipinski definition) is 3. The van der Waals surface area contributed by atoms with Crippen LogP contribution in [0.15, 0.2) is 60.7 Å². The molecule has 0 saturated carbocycles. The first-order valence-electron chi connectivity index (χ1n) is 9.80. The van der Waals surface area contributed by atoms with Crippen molar-refractivity contribution >= 4 is 13.4 Å². The molecule has 0 atom stereocenters. The van der Waals surface area contributed by atoms with Crippen molar-refractivity contribution in [1.82, 2.24) is 0 Å². The Kier molecular flexibility index (Phi) is 6.34. The number of anilines is 1. The molecule has 3 aromatic carbocycles. The summed E-state index contributed by atoms with van der Waals surface area (Å²) < 4.78 is 25.8. The van der Waals surface area contributed by atoms with Gasteiger partial charge in [-0.15, -0.1) is 0 Å². The highest BCUT2D eigenvalue weighted by molar-refractivity contribution is 7.56. The maximum absolute atomic E-state index is 13.8. The van der Waals surface area contributed by atoms with Crippen LogP contribution in [-0.2, 0) is 11.0 Å². The van der Waals surface area contributed by atoms with Crippen LogP contribution in [-0.4, -0.2) is 0 Å². The molecule has 0 bridgehead atoms. The molecule has 0 radical (unpaired) electrons. The summed E-state index contributed by atoms with van der Waals surface area (Å²) in [6.07, 6.45) is 0.940. The second kappa shape index (κ2) is 8.75. The fourth-order valence-electron chi connectivity index (χ4n) is 2.94. The fraction of sp³-hybridized carbons (Fsp3) is 0.250. The van der Waals surface area contributed by atoms with E-state index in [0.717, 1.165) is 28.7 Å². The summed E-state index contributed by atoms with van der Waals surface area (Å²) in [5.41, 5.74) is 5.87. The Morgan fingerprint density at radius 1 is 0.759 bits per heavy atom. The van der Waals surface area contributed by atoms with Gasteiger partial charge in [0.1, 0.15) is 11.5 Å². The van der Waals surface area contributed by atoms with E-state index in [0.29, 0.717) is 17.2 Å². The Balaban J connectivity index is 1.98. The second-order valence-corrected chi connectivity index (χ2v) is 8.82. The molecule has 1 N–H and O–H groups in total. The van der Waals surface area contributed by atoms with Gasteiger partial charge in [0.05, 0.1) is 0 Å². The Morgan fingerprint density at radius 3 is 1.69 bits per heavy atom. The van der Waals surface area contributed by atoms with Crippen LogP contribution in [0.5, 0.6) is 11.5 Å². The van der Waals surface area contributed by atoms with Gasteiger partial charge in [0.2, 0.25) is 0 Å². The minimum absolute atomic E-state index is 0.538. The molecule has 5 heteroatoms. The van der Waals surface area contributed by atoms with Gasteiger partial charge < -0.3 is 9.05 Å². The predicted octanol–water partition coefficient (Wildman–Crippen LogP) is 7.16. The van der Waals surface area contributed by atoms with Crippen molar-refractivity contribution in [3.05, 3.63) is 88.5 Å². The Labute approximate surface area is 173 Å².